The number of pyridine rings is 2. The van der Waals surface area contributed by atoms with Gasteiger partial charge >= 0.3 is 0 Å². The summed E-state index contributed by atoms with van der Waals surface area (Å²) in [5.74, 6) is 0.318. The summed E-state index contributed by atoms with van der Waals surface area (Å²) in [6.45, 7) is 2.09. The molecule has 1 amide bonds. The first-order valence-electron chi connectivity index (χ1n) is 9.61. The van der Waals surface area contributed by atoms with Gasteiger partial charge in [0.2, 0.25) is 0 Å². The van der Waals surface area contributed by atoms with E-state index in [9.17, 15) is 9.18 Å². The first-order chi connectivity index (χ1) is 15.0. The number of rotatable bonds is 6. The number of carbonyl (C=O) groups excluding carboxylic acids is 1. The fraction of sp³-hybridized carbons (Fsp3) is 0.125. The van der Waals surface area contributed by atoms with Crippen LogP contribution in [0.25, 0.3) is 10.9 Å². The fourth-order valence-electron chi connectivity index (χ4n) is 3.23. The zero-order valence-corrected chi connectivity index (χ0v) is 17.1. The number of benzene rings is 2. The smallest absolute Gasteiger partial charge is 0.256 e. The van der Waals surface area contributed by atoms with Gasteiger partial charge in [0.05, 0.1) is 18.2 Å². The summed E-state index contributed by atoms with van der Waals surface area (Å²) in [4.78, 5) is 21.3. The highest BCUT2D eigenvalue weighted by Gasteiger charge is 2.14. The lowest BCUT2D eigenvalue weighted by molar-refractivity contribution is 0.102. The molecule has 0 radical (unpaired) electrons. The third-order valence-electron chi connectivity index (χ3n) is 4.71. The Morgan fingerprint density at radius 2 is 1.84 bits per heavy atom. The third kappa shape index (κ3) is 4.61. The number of nitrogens with one attached hydrogen (secondary N) is 1. The number of ether oxygens (including phenoxy) is 2. The molecule has 0 saturated carbocycles. The molecule has 0 unspecified atom stereocenters. The maximum atomic E-state index is 13.6. The number of fused-ring (bicyclic) bond motifs is 1. The Kier molecular flexibility index (Phi) is 5.75. The Bertz CT molecular complexity index is 1240. The summed E-state index contributed by atoms with van der Waals surface area (Å²) in [6, 6.07) is 14.7. The van der Waals surface area contributed by atoms with Crippen molar-refractivity contribution >= 4 is 22.5 Å². The second kappa shape index (κ2) is 8.79. The molecule has 156 valence electrons. The summed E-state index contributed by atoms with van der Waals surface area (Å²) >= 11 is 0. The van der Waals surface area contributed by atoms with Gasteiger partial charge in [0.15, 0.2) is 11.5 Å². The zero-order chi connectivity index (χ0) is 21.8. The van der Waals surface area contributed by atoms with Gasteiger partial charge in [-0.05, 0) is 55.0 Å². The first kappa shape index (κ1) is 20.3. The molecule has 0 bridgehead atoms. The minimum absolute atomic E-state index is 0.327. The average Bonchev–Trinajstić information content (AvgIpc) is 2.77. The number of hydrogen-bond acceptors (Lipinski definition) is 5. The Morgan fingerprint density at radius 1 is 1.03 bits per heavy atom. The molecule has 1 N–H and O–H groups in total. The van der Waals surface area contributed by atoms with Crippen LogP contribution in [0.15, 0.2) is 67.0 Å². The van der Waals surface area contributed by atoms with Crippen molar-refractivity contribution in [3.8, 4) is 11.5 Å². The fourth-order valence-corrected chi connectivity index (χ4v) is 3.23. The van der Waals surface area contributed by atoms with Crippen molar-refractivity contribution in [2.75, 3.05) is 12.4 Å². The number of amides is 1. The van der Waals surface area contributed by atoms with E-state index < -0.39 is 5.82 Å². The van der Waals surface area contributed by atoms with E-state index in [-0.39, 0.29) is 5.91 Å². The van der Waals surface area contributed by atoms with E-state index >= 15 is 0 Å². The van der Waals surface area contributed by atoms with Crippen molar-refractivity contribution in [2.24, 2.45) is 0 Å². The highest BCUT2D eigenvalue weighted by atomic mass is 19.1. The summed E-state index contributed by atoms with van der Waals surface area (Å²) in [6.07, 6.45) is 3.39. The van der Waals surface area contributed by atoms with Crippen LogP contribution < -0.4 is 14.8 Å². The summed E-state index contributed by atoms with van der Waals surface area (Å²) in [7, 11) is 1.55. The predicted molar refractivity (Wildman–Crippen MR) is 116 cm³/mol. The van der Waals surface area contributed by atoms with Gasteiger partial charge in [0.1, 0.15) is 12.4 Å². The number of hydrogen-bond donors (Lipinski definition) is 1. The molecule has 7 heteroatoms. The average molecular weight is 417 g/mol. The second-order valence-corrected chi connectivity index (χ2v) is 6.94. The van der Waals surface area contributed by atoms with Crippen molar-refractivity contribution in [1.29, 1.82) is 0 Å². The van der Waals surface area contributed by atoms with Crippen LogP contribution in [0.4, 0.5) is 10.1 Å². The number of methoxy groups -OCH3 is 1. The Morgan fingerprint density at radius 3 is 2.61 bits per heavy atom. The summed E-state index contributed by atoms with van der Waals surface area (Å²) in [5.41, 5.74) is 2.97. The van der Waals surface area contributed by atoms with E-state index in [2.05, 4.69) is 15.3 Å². The van der Waals surface area contributed by atoms with Crippen molar-refractivity contribution in [2.45, 2.75) is 13.5 Å². The van der Waals surface area contributed by atoms with Gasteiger partial charge in [-0.25, -0.2) is 4.39 Å². The molecule has 31 heavy (non-hydrogen) atoms. The molecular formula is C24H20FN3O3. The van der Waals surface area contributed by atoms with Gasteiger partial charge in [0, 0.05) is 41.3 Å². The molecule has 4 aromatic rings. The molecule has 2 heterocycles. The first-order valence-corrected chi connectivity index (χ1v) is 9.61. The van der Waals surface area contributed by atoms with Crippen molar-refractivity contribution < 1.29 is 18.7 Å². The van der Waals surface area contributed by atoms with E-state index in [1.54, 1.807) is 56.8 Å². The van der Waals surface area contributed by atoms with Crippen LogP contribution in [0.1, 0.15) is 21.6 Å². The Labute approximate surface area is 178 Å². The van der Waals surface area contributed by atoms with Crippen LogP contribution in [0.3, 0.4) is 0 Å². The lowest BCUT2D eigenvalue weighted by Gasteiger charge is -2.14. The van der Waals surface area contributed by atoms with Crippen LogP contribution in [0.5, 0.6) is 11.5 Å². The van der Waals surface area contributed by atoms with E-state index in [0.717, 1.165) is 5.56 Å². The lowest BCUT2D eigenvalue weighted by Crippen LogP contribution is -2.13. The molecule has 0 aliphatic carbocycles. The van der Waals surface area contributed by atoms with Gasteiger partial charge in [-0.3, -0.25) is 14.8 Å². The van der Waals surface area contributed by atoms with Crippen LogP contribution >= 0.6 is 0 Å². The number of anilines is 1. The number of halogens is 1. The Balaban J connectivity index is 1.59. The number of carbonyl (C=O) groups is 1. The molecule has 0 aliphatic heterocycles. The zero-order valence-electron chi connectivity index (χ0n) is 17.1. The van der Waals surface area contributed by atoms with Crippen LogP contribution in [0, 0.1) is 12.7 Å². The molecule has 4 rings (SSSR count). The number of aromatic nitrogens is 2. The monoisotopic (exact) mass is 417 g/mol. The van der Waals surface area contributed by atoms with Crippen molar-refractivity contribution in [3.05, 3.63) is 89.6 Å². The maximum absolute atomic E-state index is 13.6. The van der Waals surface area contributed by atoms with Gasteiger partial charge in [0.25, 0.3) is 5.91 Å². The normalized spacial score (nSPS) is 10.7. The van der Waals surface area contributed by atoms with Gasteiger partial charge in [-0.15, -0.1) is 0 Å². The second-order valence-electron chi connectivity index (χ2n) is 6.94. The van der Waals surface area contributed by atoms with Crippen molar-refractivity contribution in [1.82, 2.24) is 9.97 Å². The number of aryl methyl sites for hydroxylation is 1. The summed E-state index contributed by atoms with van der Waals surface area (Å²) in [5, 5.41) is 3.45. The van der Waals surface area contributed by atoms with E-state index in [1.165, 1.54) is 12.1 Å². The minimum Gasteiger partial charge on any atom is -0.493 e. The lowest BCUT2D eigenvalue weighted by atomic mass is 10.1. The van der Waals surface area contributed by atoms with E-state index in [1.807, 2.05) is 12.1 Å². The molecule has 2 aromatic heterocycles. The number of nitrogens with zero attached hydrogens (tertiary/aromatic N) is 2. The van der Waals surface area contributed by atoms with Gasteiger partial charge in [-0.2, -0.15) is 0 Å². The third-order valence-corrected chi connectivity index (χ3v) is 4.71. The van der Waals surface area contributed by atoms with E-state index in [0.29, 0.717) is 46.0 Å². The minimum atomic E-state index is -0.400. The maximum Gasteiger partial charge on any atom is 0.256 e. The van der Waals surface area contributed by atoms with Crippen molar-refractivity contribution in [3.63, 3.8) is 0 Å². The standard InChI is InChI=1S/C24H20FN3O3/c1-15-11-20(19-5-3-17(25)12-21(19)27-15)24(29)28-18-4-6-22(30-2)23(13-18)31-14-16-7-9-26-10-8-16/h3-13H,14H2,1-2H3,(H,28,29). The van der Waals surface area contributed by atoms with E-state index in [4.69, 9.17) is 9.47 Å². The van der Waals surface area contributed by atoms with Crippen LogP contribution in [-0.4, -0.2) is 23.0 Å². The quantitative estimate of drug-likeness (QED) is 0.482. The largest absolute Gasteiger partial charge is 0.493 e. The molecule has 0 saturated heterocycles. The molecule has 2 aromatic carbocycles. The molecule has 0 fully saturated rings. The SMILES string of the molecule is COc1ccc(NC(=O)c2cc(C)nc3cc(F)ccc23)cc1OCc1ccncc1. The molecular weight excluding hydrogens is 397 g/mol. The molecule has 0 atom stereocenters. The predicted octanol–water partition coefficient (Wildman–Crippen LogP) is 4.92. The van der Waals surface area contributed by atoms with Crippen LogP contribution in [-0.2, 0) is 6.61 Å². The molecule has 0 spiro atoms. The van der Waals surface area contributed by atoms with Crippen LogP contribution in [0.2, 0.25) is 0 Å². The Hall–Kier alpha value is -4.00. The topological polar surface area (TPSA) is 73.3 Å². The molecule has 0 aliphatic rings. The highest BCUT2D eigenvalue weighted by Crippen LogP contribution is 2.31. The van der Waals surface area contributed by atoms with Gasteiger partial charge in [-0.1, -0.05) is 0 Å². The molecule has 6 nitrogen and oxygen atoms in total. The summed E-state index contributed by atoms with van der Waals surface area (Å²) < 4.78 is 24.8. The van der Waals surface area contributed by atoms with Gasteiger partial charge < -0.3 is 14.8 Å². The highest BCUT2D eigenvalue weighted by molar-refractivity contribution is 6.12.